The van der Waals surface area contributed by atoms with Crippen molar-refractivity contribution in [2.45, 2.75) is 33.1 Å². The van der Waals surface area contributed by atoms with Crippen molar-refractivity contribution in [3.05, 3.63) is 24.3 Å². The molecule has 136 valence electrons. The molecule has 0 bridgehead atoms. The Kier molecular flexibility index (Phi) is 14.2. The Hall–Kier alpha value is -3.62. The summed E-state index contributed by atoms with van der Waals surface area (Å²) in [6.07, 6.45) is 1.73. The van der Waals surface area contributed by atoms with Gasteiger partial charge in [0.2, 0.25) is 6.79 Å². The van der Waals surface area contributed by atoms with E-state index in [0.29, 0.717) is 19.3 Å². The Morgan fingerprint density at radius 2 is 1.19 bits per heavy atom. The predicted molar refractivity (Wildman–Crippen MR) is 90.0 cm³/mol. The van der Waals surface area contributed by atoms with Gasteiger partial charge in [-0.25, -0.2) is 9.59 Å². The SMILES string of the molecule is C=C(C(=O)OCOC(=O)C(=C)C(C)C#N)C(C)C#N.N#CCCCC#N. The van der Waals surface area contributed by atoms with Crippen LogP contribution in [0.2, 0.25) is 0 Å². The number of nitriles is 4. The summed E-state index contributed by atoms with van der Waals surface area (Å²) in [5.41, 5.74) is -0.0504. The van der Waals surface area contributed by atoms with Crippen molar-refractivity contribution in [3.8, 4) is 24.3 Å². The number of ether oxygens (including phenoxy) is 2. The van der Waals surface area contributed by atoms with Crippen LogP contribution in [0.25, 0.3) is 0 Å². The second-order valence-corrected chi connectivity index (χ2v) is 4.90. The first kappa shape index (κ1) is 24.6. The van der Waals surface area contributed by atoms with Gasteiger partial charge in [-0.15, -0.1) is 0 Å². The smallest absolute Gasteiger partial charge is 0.337 e. The minimum Gasteiger partial charge on any atom is -0.424 e. The molecule has 0 amide bonds. The lowest BCUT2D eigenvalue weighted by atomic mass is 10.1. The molecular weight excluding hydrogens is 336 g/mol. The number of hydrogen-bond acceptors (Lipinski definition) is 8. The van der Waals surface area contributed by atoms with Crippen molar-refractivity contribution < 1.29 is 19.1 Å². The van der Waals surface area contributed by atoms with E-state index in [4.69, 9.17) is 21.0 Å². The third kappa shape index (κ3) is 11.0. The fourth-order valence-corrected chi connectivity index (χ4v) is 1.08. The summed E-state index contributed by atoms with van der Waals surface area (Å²) in [7, 11) is 0. The summed E-state index contributed by atoms with van der Waals surface area (Å²) >= 11 is 0. The van der Waals surface area contributed by atoms with Gasteiger partial charge in [-0.1, -0.05) is 13.2 Å². The molecule has 0 heterocycles. The van der Waals surface area contributed by atoms with Crippen molar-refractivity contribution in [2.24, 2.45) is 11.8 Å². The van der Waals surface area contributed by atoms with Gasteiger partial charge < -0.3 is 9.47 Å². The van der Waals surface area contributed by atoms with Gasteiger partial charge in [0, 0.05) is 24.0 Å². The summed E-state index contributed by atoms with van der Waals surface area (Å²) in [6, 6.07) is 7.56. The Morgan fingerprint density at radius 3 is 1.46 bits per heavy atom. The molecule has 0 saturated carbocycles. The predicted octanol–water partition coefficient (Wildman–Crippen LogP) is 2.67. The lowest BCUT2D eigenvalue weighted by molar-refractivity contribution is -0.162. The van der Waals surface area contributed by atoms with Crippen LogP contribution in [0.15, 0.2) is 24.3 Å². The van der Waals surface area contributed by atoms with Crippen LogP contribution in [-0.2, 0) is 19.1 Å². The van der Waals surface area contributed by atoms with Gasteiger partial charge in [-0.05, 0) is 20.3 Å². The Labute approximate surface area is 153 Å². The molecule has 0 spiro atoms. The van der Waals surface area contributed by atoms with Gasteiger partial charge in [-0.3, -0.25) is 0 Å². The minimum absolute atomic E-state index is 0.0252. The molecular formula is C18H20N4O4. The van der Waals surface area contributed by atoms with Crippen LogP contribution >= 0.6 is 0 Å². The highest BCUT2D eigenvalue weighted by Gasteiger charge is 2.18. The van der Waals surface area contributed by atoms with Gasteiger partial charge in [0.05, 0.1) is 36.1 Å². The van der Waals surface area contributed by atoms with Crippen LogP contribution < -0.4 is 0 Å². The van der Waals surface area contributed by atoms with E-state index >= 15 is 0 Å². The van der Waals surface area contributed by atoms with Crippen molar-refractivity contribution in [2.75, 3.05) is 6.79 Å². The molecule has 8 heteroatoms. The number of carbonyl (C=O) groups excluding carboxylic acids is 2. The number of hydrogen-bond donors (Lipinski definition) is 0. The van der Waals surface area contributed by atoms with Crippen molar-refractivity contribution in [3.63, 3.8) is 0 Å². The van der Waals surface area contributed by atoms with Crippen LogP contribution in [0.3, 0.4) is 0 Å². The fraction of sp³-hybridized carbons (Fsp3) is 0.444. The zero-order chi connectivity index (χ0) is 20.5. The maximum Gasteiger partial charge on any atom is 0.337 e. The topological polar surface area (TPSA) is 148 Å². The summed E-state index contributed by atoms with van der Waals surface area (Å²) < 4.78 is 9.21. The maximum atomic E-state index is 11.3. The van der Waals surface area contributed by atoms with E-state index < -0.39 is 30.6 Å². The molecule has 0 saturated heterocycles. The van der Waals surface area contributed by atoms with Gasteiger partial charge in [0.25, 0.3) is 0 Å². The van der Waals surface area contributed by atoms with Crippen molar-refractivity contribution in [1.29, 1.82) is 21.0 Å². The van der Waals surface area contributed by atoms with Crippen LogP contribution in [0, 0.1) is 57.2 Å². The summed E-state index contributed by atoms with van der Waals surface area (Å²) in [6.45, 7) is 9.17. The molecule has 8 nitrogen and oxygen atoms in total. The lowest BCUT2D eigenvalue weighted by Gasteiger charge is -2.10. The molecule has 0 aromatic heterocycles. The number of esters is 2. The average molecular weight is 356 g/mol. The van der Waals surface area contributed by atoms with Crippen LogP contribution in [0.1, 0.15) is 33.1 Å². The standard InChI is InChI=1S/C13H14N2O4.C5H6N2/c1-8(5-14)10(3)12(16)18-7-19-13(17)11(4)9(2)6-15;6-4-2-1-3-5-7/h8-9H,3-4,7H2,1-2H3;1-3H2. The molecule has 0 fully saturated rings. The second kappa shape index (κ2) is 14.9. The Bertz CT molecular complexity index is 628. The number of unbranched alkanes of at least 4 members (excludes halogenated alkanes) is 2. The highest BCUT2D eigenvalue weighted by Crippen LogP contribution is 2.10. The third-order valence-electron chi connectivity index (χ3n) is 2.91. The Morgan fingerprint density at radius 1 is 0.846 bits per heavy atom. The molecule has 0 aromatic carbocycles. The third-order valence-corrected chi connectivity index (χ3v) is 2.91. The average Bonchev–Trinajstić information content (AvgIpc) is 2.66. The molecule has 26 heavy (non-hydrogen) atoms. The normalized spacial score (nSPS) is 10.7. The molecule has 0 aromatic rings. The van der Waals surface area contributed by atoms with E-state index in [1.807, 2.05) is 24.3 Å². The summed E-state index contributed by atoms with van der Waals surface area (Å²) in [5, 5.41) is 33.0. The molecule has 0 aliphatic carbocycles. The number of rotatable bonds is 8. The summed E-state index contributed by atoms with van der Waals surface area (Å²) in [5.74, 6) is -3.00. The van der Waals surface area contributed by atoms with Gasteiger partial charge >= 0.3 is 11.9 Å². The second-order valence-electron chi connectivity index (χ2n) is 4.90. The van der Waals surface area contributed by atoms with E-state index in [2.05, 4.69) is 22.6 Å². The van der Waals surface area contributed by atoms with E-state index in [-0.39, 0.29) is 11.1 Å². The van der Waals surface area contributed by atoms with Crippen LogP contribution in [0.5, 0.6) is 0 Å². The lowest BCUT2D eigenvalue weighted by Crippen LogP contribution is -2.18. The quantitative estimate of drug-likeness (QED) is 0.279. The van der Waals surface area contributed by atoms with E-state index in [1.54, 1.807) is 0 Å². The van der Waals surface area contributed by atoms with Gasteiger partial charge in [-0.2, -0.15) is 21.0 Å². The van der Waals surface area contributed by atoms with E-state index in [9.17, 15) is 9.59 Å². The number of carbonyl (C=O) groups is 2. The van der Waals surface area contributed by atoms with Crippen molar-refractivity contribution in [1.82, 2.24) is 0 Å². The zero-order valence-electron chi connectivity index (χ0n) is 14.8. The van der Waals surface area contributed by atoms with Crippen LogP contribution in [0.4, 0.5) is 0 Å². The largest absolute Gasteiger partial charge is 0.424 e. The van der Waals surface area contributed by atoms with E-state index in [1.165, 1.54) is 13.8 Å². The first-order valence-corrected chi connectivity index (χ1v) is 7.51. The molecule has 0 radical (unpaired) electrons. The highest BCUT2D eigenvalue weighted by atomic mass is 16.7. The molecule has 2 unspecified atom stereocenters. The molecule has 0 aliphatic rings. The first-order chi connectivity index (χ1) is 12.3. The van der Waals surface area contributed by atoms with Gasteiger partial charge in [0.1, 0.15) is 0 Å². The maximum absolute atomic E-state index is 11.3. The first-order valence-electron chi connectivity index (χ1n) is 7.51. The highest BCUT2D eigenvalue weighted by molar-refractivity contribution is 5.90. The summed E-state index contributed by atoms with van der Waals surface area (Å²) in [4.78, 5) is 22.7. The number of nitrogens with zero attached hydrogens (tertiary/aromatic N) is 4. The van der Waals surface area contributed by atoms with Crippen molar-refractivity contribution >= 4 is 11.9 Å². The molecule has 2 atom stereocenters. The minimum atomic E-state index is -0.819. The van der Waals surface area contributed by atoms with E-state index in [0.717, 1.165) is 0 Å². The molecule has 0 aliphatic heterocycles. The molecule has 0 rings (SSSR count). The molecule has 0 N–H and O–H groups in total. The Balaban J connectivity index is 0. The van der Waals surface area contributed by atoms with Crippen LogP contribution in [-0.4, -0.2) is 18.7 Å². The fourth-order valence-electron chi connectivity index (χ4n) is 1.08. The van der Waals surface area contributed by atoms with Gasteiger partial charge in [0.15, 0.2) is 0 Å². The zero-order valence-corrected chi connectivity index (χ0v) is 14.8. The monoisotopic (exact) mass is 356 g/mol.